The smallest absolute Gasteiger partial charge is 0.221 e. The number of carbonyl (C=O) groups is 1. The third kappa shape index (κ3) is 3.01. The molecule has 1 amide bonds. The topological polar surface area (TPSA) is 43.1 Å². The fourth-order valence-corrected chi connectivity index (χ4v) is 1.13. The predicted octanol–water partition coefficient (Wildman–Crippen LogP) is 2.02. The molecule has 0 aliphatic rings. The Balaban J connectivity index is 2.76. The van der Waals surface area contributed by atoms with Crippen LogP contribution in [-0.4, -0.2) is 5.91 Å². The van der Waals surface area contributed by atoms with Gasteiger partial charge in [-0.2, -0.15) is 0 Å². The quantitative estimate of drug-likeness (QED) is 0.784. The van der Waals surface area contributed by atoms with Gasteiger partial charge < -0.3 is 5.73 Å². The van der Waals surface area contributed by atoms with Crippen LogP contribution in [0.4, 0.5) is 4.39 Å². The molecule has 2 N–H and O–H groups in total. The number of carbonyl (C=O) groups excluding carboxylic acids is 1. The average molecular weight is 193 g/mol. The molecular formula is C11H12FNO. The standard InChI is InChI=1S/C11H12FNO/c1-8-7-10(12)6-5-9(8)3-2-4-11(13)14/h2-3,5-7H,4H2,1H3,(H2,13,14). The third-order valence-corrected chi connectivity index (χ3v) is 1.85. The lowest BCUT2D eigenvalue weighted by Gasteiger charge is -1.99. The van der Waals surface area contributed by atoms with E-state index in [-0.39, 0.29) is 18.1 Å². The first-order valence-electron chi connectivity index (χ1n) is 4.30. The zero-order valence-corrected chi connectivity index (χ0v) is 7.96. The molecule has 0 heterocycles. The number of hydrogen-bond acceptors (Lipinski definition) is 1. The van der Waals surface area contributed by atoms with Crippen LogP contribution >= 0.6 is 0 Å². The Hall–Kier alpha value is -1.64. The van der Waals surface area contributed by atoms with Gasteiger partial charge in [-0.25, -0.2) is 4.39 Å². The van der Waals surface area contributed by atoms with Gasteiger partial charge in [0.15, 0.2) is 0 Å². The normalized spacial score (nSPS) is 10.7. The maximum Gasteiger partial charge on any atom is 0.221 e. The number of aryl methyl sites for hydroxylation is 1. The molecule has 0 radical (unpaired) electrons. The molecule has 0 saturated heterocycles. The molecule has 0 spiro atoms. The highest BCUT2D eigenvalue weighted by molar-refractivity contribution is 5.76. The Morgan fingerprint density at radius 1 is 1.57 bits per heavy atom. The summed E-state index contributed by atoms with van der Waals surface area (Å²) in [6, 6.07) is 4.50. The fraction of sp³-hybridized carbons (Fsp3) is 0.182. The van der Waals surface area contributed by atoms with Crippen molar-refractivity contribution in [1.29, 1.82) is 0 Å². The minimum atomic E-state index is -0.374. The van der Waals surface area contributed by atoms with E-state index in [0.29, 0.717) is 0 Å². The van der Waals surface area contributed by atoms with Gasteiger partial charge in [-0.1, -0.05) is 18.2 Å². The second-order valence-corrected chi connectivity index (χ2v) is 3.07. The molecule has 0 fully saturated rings. The molecule has 14 heavy (non-hydrogen) atoms. The van der Waals surface area contributed by atoms with E-state index >= 15 is 0 Å². The molecule has 1 aromatic carbocycles. The molecule has 0 saturated carbocycles. The van der Waals surface area contributed by atoms with E-state index in [0.717, 1.165) is 11.1 Å². The van der Waals surface area contributed by atoms with Crippen molar-refractivity contribution < 1.29 is 9.18 Å². The van der Waals surface area contributed by atoms with Gasteiger partial charge in [0.05, 0.1) is 0 Å². The van der Waals surface area contributed by atoms with Crippen LogP contribution in [0.5, 0.6) is 0 Å². The van der Waals surface area contributed by atoms with Gasteiger partial charge in [0.2, 0.25) is 5.91 Å². The monoisotopic (exact) mass is 193 g/mol. The van der Waals surface area contributed by atoms with E-state index in [9.17, 15) is 9.18 Å². The van der Waals surface area contributed by atoms with Gasteiger partial charge >= 0.3 is 0 Å². The van der Waals surface area contributed by atoms with Gasteiger partial charge in [-0.3, -0.25) is 4.79 Å². The second-order valence-electron chi connectivity index (χ2n) is 3.07. The molecule has 2 nitrogen and oxygen atoms in total. The molecular weight excluding hydrogens is 181 g/mol. The number of rotatable bonds is 3. The van der Waals surface area contributed by atoms with Gasteiger partial charge in [-0.05, 0) is 30.2 Å². The minimum absolute atomic E-state index is 0.205. The molecule has 1 aromatic rings. The first-order valence-corrected chi connectivity index (χ1v) is 4.30. The number of benzene rings is 1. The number of amides is 1. The molecule has 0 aliphatic carbocycles. The number of hydrogen-bond donors (Lipinski definition) is 1. The van der Waals surface area contributed by atoms with Gasteiger partial charge in [0.25, 0.3) is 0 Å². The Labute approximate surface area is 82.2 Å². The minimum Gasteiger partial charge on any atom is -0.369 e. The summed E-state index contributed by atoms with van der Waals surface area (Å²) in [5.74, 6) is -0.629. The molecule has 0 aliphatic heterocycles. The summed E-state index contributed by atoms with van der Waals surface area (Å²) in [6.45, 7) is 1.81. The van der Waals surface area contributed by atoms with Crippen molar-refractivity contribution >= 4 is 12.0 Å². The van der Waals surface area contributed by atoms with Crippen LogP contribution in [0.2, 0.25) is 0 Å². The van der Waals surface area contributed by atoms with Crippen LogP contribution < -0.4 is 5.73 Å². The second kappa shape index (κ2) is 4.56. The van der Waals surface area contributed by atoms with Crippen molar-refractivity contribution in [1.82, 2.24) is 0 Å². The van der Waals surface area contributed by atoms with Gasteiger partial charge in [0, 0.05) is 6.42 Å². The lowest BCUT2D eigenvalue weighted by atomic mass is 10.1. The van der Waals surface area contributed by atoms with Gasteiger partial charge in [0.1, 0.15) is 5.82 Å². The molecule has 1 rings (SSSR count). The summed E-state index contributed by atoms with van der Waals surface area (Å²) in [7, 11) is 0. The maximum atomic E-state index is 12.7. The Kier molecular flexibility index (Phi) is 3.40. The largest absolute Gasteiger partial charge is 0.369 e. The van der Waals surface area contributed by atoms with Crippen molar-refractivity contribution in [3.05, 3.63) is 41.2 Å². The van der Waals surface area contributed by atoms with E-state index in [2.05, 4.69) is 0 Å². The lowest BCUT2D eigenvalue weighted by molar-refractivity contribution is -0.117. The lowest BCUT2D eigenvalue weighted by Crippen LogP contribution is -2.07. The molecule has 3 heteroatoms. The third-order valence-electron chi connectivity index (χ3n) is 1.85. The Bertz CT molecular complexity index is 372. The van der Waals surface area contributed by atoms with E-state index in [1.54, 1.807) is 18.2 Å². The SMILES string of the molecule is Cc1cc(F)ccc1C=CCC(N)=O. The predicted molar refractivity (Wildman–Crippen MR) is 54.0 cm³/mol. The number of halogens is 1. The first kappa shape index (κ1) is 10.4. The van der Waals surface area contributed by atoms with Crippen LogP contribution in [0.25, 0.3) is 6.08 Å². The number of primary amides is 1. The van der Waals surface area contributed by atoms with Crippen LogP contribution in [0.1, 0.15) is 17.5 Å². The zero-order chi connectivity index (χ0) is 10.6. The fourth-order valence-electron chi connectivity index (χ4n) is 1.13. The van der Waals surface area contributed by atoms with Crippen molar-refractivity contribution in [3.8, 4) is 0 Å². The van der Waals surface area contributed by atoms with E-state index in [4.69, 9.17) is 5.73 Å². The molecule has 0 aromatic heterocycles. The van der Waals surface area contributed by atoms with Crippen LogP contribution in [0.15, 0.2) is 24.3 Å². The van der Waals surface area contributed by atoms with E-state index in [1.165, 1.54) is 12.1 Å². The number of nitrogens with two attached hydrogens (primary N) is 1. The van der Waals surface area contributed by atoms with Crippen molar-refractivity contribution in [3.63, 3.8) is 0 Å². The average Bonchev–Trinajstić information content (AvgIpc) is 2.08. The zero-order valence-electron chi connectivity index (χ0n) is 7.96. The summed E-state index contributed by atoms with van der Waals surface area (Å²) in [5.41, 5.74) is 6.70. The summed E-state index contributed by atoms with van der Waals surface area (Å²) < 4.78 is 12.7. The molecule has 0 bridgehead atoms. The van der Waals surface area contributed by atoms with E-state index < -0.39 is 0 Å². The summed E-state index contributed by atoms with van der Waals surface area (Å²) in [5, 5.41) is 0. The Morgan fingerprint density at radius 2 is 2.29 bits per heavy atom. The summed E-state index contributed by atoms with van der Waals surface area (Å²) in [4.78, 5) is 10.4. The molecule has 74 valence electrons. The van der Waals surface area contributed by atoms with E-state index in [1.807, 2.05) is 6.92 Å². The van der Waals surface area contributed by atoms with Gasteiger partial charge in [-0.15, -0.1) is 0 Å². The molecule has 0 unspecified atom stereocenters. The highest BCUT2D eigenvalue weighted by atomic mass is 19.1. The highest BCUT2D eigenvalue weighted by Gasteiger charge is 1.96. The van der Waals surface area contributed by atoms with Crippen LogP contribution in [0, 0.1) is 12.7 Å². The molecule has 0 atom stereocenters. The van der Waals surface area contributed by atoms with Crippen molar-refractivity contribution in [2.24, 2.45) is 5.73 Å². The Morgan fingerprint density at radius 3 is 2.86 bits per heavy atom. The maximum absolute atomic E-state index is 12.7. The highest BCUT2D eigenvalue weighted by Crippen LogP contribution is 2.11. The summed E-state index contributed by atoms with van der Waals surface area (Å²) in [6.07, 6.45) is 3.64. The van der Waals surface area contributed by atoms with Crippen LogP contribution in [-0.2, 0) is 4.79 Å². The van der Waals surface area contributed by atoms with Crippen molar-refractivity contribution in [2.75, 3.05) is 0 Å². The summed E-state index contributed by atoms with van der Waals surface area (Å²) >= 11 is 0. The van der Waals surface area contributed by atoms with Crippen molar-refractivity contribution in [2.45, 2.75) is 13.3 Å². The van der Waals surface area contributed by atoms with Crippen LogP contribution in [0.3, 0.4) is 0 Å². The first-order chi connectivity index (χ1) is 6.59.